The molecule has 1 unspecified atom stereocenters. The summed E-state index contributed by atoms with van der Waals surface area (Å²) < 4.78 is 0. The molecule has 0 bridgehead atoms. The first kappa shape index (κ1) is 22.6. The largest absolute Gasteiger partial charge is 0.354 e. The molecule has 0 heterocycles. The Balaban J connectivity index is 2.19. The van der Waals surface area contributed by atoms with E-state index >= 15 is 0 Å². The third kappa shape index (κ3) is 6.43. The van der Waals surface area contributed by atoms with E-state index in [1.807, 2.05) is 37.3 Å². The molecule has 150 valence electrons. The number of amides is 2. The summed E-state index contributed by atoms with van der Waals surface area (Å²) in [6.45, 7) is 4.44. The summed E-state index contributed by atoms with van der Waals surface area (Å²) in [4.78, 5) is 28.0. The van der Waals surface area contributed by atoms with Gasteiger partial charge < -0.3 is 10.2 Å². The fourth-order valence-corrected chi connectivity index (χ4v) is 3.90. The second kappa shape index (κ2) is 11.3. The van der Waals surface area contributed by atoms with Crippen molar-refractivity contribution < 1.29 is 9.59 Å². The van der Waals surface area contributed by atoms with Crippen molar-refractivity contribution in [1.29, 1.82) is 0 Å². The maximum absolute atomic E-state index is 13.0. The van der Waals surface area contributed by atoms with Crippen molar-refractivity contribution in [2.24, 2.45) is 0 Å². The monoisotopic (exact) mass is 438 g/mol. The summed E-state index contributed by atoms with van der Waals surface area (Å²) in [5.41, 5.74) is 0.638. The fraction of sp³-hybridized carbons (Fsp3) is 0.333. The summed E-state index contributed by atoms with van der Waals surface area (Å²) in [7, 11) is 0. The maximum Gasteiger partial charge on any atom is 0.242 e. The van der Waals surface area contributed by atoms with E-state index < -0.39 is 6.04 Å². The number of rotatable bonds is 9. The van der Waals surface area contributed by atoms with Gasteiger partial charge in [-0.3, -0.25) is 9.59 Å². The van der Waals surface area contributed by atoms with Crippen LogP contribution in [0.4, 0.5) is 0 Å². The van der Waals surface area contributed by atoms with E-state index in [-0.39, 0.29) is 24.1 Å². The molecule has 7 heteroatoms. The van der Waals surface area contributed by atoms with Crippen molar-refractivity contribution in [3.8, 4) is 0 Å². The van der Waals surface area contributed by atoms with E-state index in [9.17, 15) is 9.59 Å². The van der Waals surface area contributed by atoms with Gasteiger partial charge in [0.05, 0.1) is 5.75 Å². The lowest BCUT2D eigenvalue weighted by atomic mass is 10.1. The van der Waals surface area contributed by atoms with Gasteiger partial charge in [0.1, 0.15) is 6.04 Å². The van der Waals surface area contributed by atoms with Crippen molar-refractivity contribution in [2.45, 2.75) is 37.8 Å². The summed E-state index contributed by atoms with van der Waals surface area (Å²) in [5, 5.41) is 3.80. The Bertz CT molecular complexity index is 782. The lowest BCUT2D eigenvalue weighted by Crippen LogP contribution is -2.48. The first-order chi connectivity index (χ1) is 13.4. The van der Waals surface area contributed by atoms with Crippen LogP contribution in [0.3, 0.4) is 0 Å². The first-order valence-corrected chi connectivity index (χ1v) is 10.9. The van der Waals surface area contributed by atoms with E-state index in [0.717, 1.165) is 11.3 Å². The van der Waals surface area contributed by atoms with Crippen molar-refractivity contribution in [1.82, 2.24) is 10.2 Å². The maximum atomic E-state index is 13.0. The Morgan fingerprint density at radius 1 is 1.07 bits per heavy atom. The van der Waals surface area contributed by atoms with Gasteiger partial charge in [-0.05, 0) is 37.6 Å². The van der Waals surface area contributed by atoms with E-state index in [4.69, 9.17) is 23.2 Å². The standard InChI is InChI=1S/C21H24Cl2N2O2S/c1-3-12-24-21(27)15(2)25(13-17-18(22)10-7-11-19(17)23)20(26)14-28-16-8-5-4-6-9-16/h4-11,15H,3,12-14H2,1-2H3,(H,24,27). The average molecular weight is 439 g/mol. The summed E-state index contributed by atoms with van der Waals surface area (Å²) in [5.74, 6) is -0.121. The number of thioether (sulfide) groups is 1. The van der Waals surface area contributed by atoms with Crippen LogP contribution in [0, 0.1) is 0 Å². The van der Waals surface area contributed by atoms with Gasteiger partial charge in [-0.15, -0.1) is 11.8 Å². The second-order valence-corrected chi connectivity index (χ2v) is 8.15. The molecule has 2 aromatic carbocycles. The molecular formula is C21H24Cl2N2O2S. The molecule has 0 aromatic heterocycles. The number of halogens is 2. The van der Waals surface area contributed by atoms with Crippen molar-refractivity contribution in [3.05, 3.63) is 64.1 Å². The molecule has 28 heavy (non-hydrogen) atoms. The van der Waals surface area contributed by atoms with Crippen LogP contribution in [-0.4, -0.2) is 35.1 Å². The molecule has 1 atom stereocenters. The summed E-state index contributed by atoms with van der Waals surface area (Å²) >= 11 is 14.0. The van der Waals surface area contributed by atoms with Crippen molar-refractivity contribution >= 4 is 46.8 Å². The minimum Gasteiger partial charge on any atom is -0.354 e. The Kier molecular flexibility index (Phi) is 9.16. The SMILES string of the molecule is CCCNC(=O)C(C)N(Cc1c(Cl)cccc1Cl)C(=O)CSc1ccccc1. The van der Waals surface area contributed by atoms with Crippen LogP contribution in [0.2, 0.25) is 10.0 Å². The summed E-state index contributed by atoms with van der Waals surface area (Å²) in [6.07, 6.45) is 0.826. The minimum atomic E-state index is -0.636. The molecule has 0 saturated heterocycles. The van der Waals surface area contributed by atoms with Gasteiger partial charge in [0, 0.05) is 33.6 Å². The zero-order valence-electron chi connectivity index (χ0n) is 16.0. The zero-order valence-corrected chi connectivity index (χ0v) is 18.3. The fourth-order valence-electron chi connectivity index (χ4n) is 2.58. The predicted molar refractivity (Wildman–Crippen MR) is 117 cm³/mol. The van der Waals surface area contributed by atoms with E-state index in [2.05, 4.69) is 5.32 Å². The lowest BCUT2D eigenvalue weighted by Gasteiger charge is -2.29. The van der Waals surface area contributed by atoms with Crippen molar-refractivity contribution in [2.75, 3.05) is 12.3 Å². The van der Waals surface area contributed by atoms with Crippen molar-refractivity contribution in [3.63, 3.8) is 0 Å². The lowest BCUT2D eigenvalue weighted by molar-refractivity contribution is -0.138. The molecule has 0 aliphatic heterocycles. The Labute approximate surface area is 180 Å². The highest BCUT2D eigenvalue weighted by Crippen LogP contribution is 2.27. The van der Waals surface area contributed by atoms with Gasteiger partial charge in [0.2, 0.25) is 11.8 Å². The van der Waals surface area contributed by atoms with Crippen LogP contribution in [0.15, 0.2) is 53.4 Å². The van der Waals surface area contributed by atoms with Gasteiger partial charge in [0.15, 0.2) is 0 Å². The average Bonchev–Trinajstić information content (AvgIpc) is 2.70. The third-order valence-corrected chi connectivity index (χ3v) is 5.92. The molecule has 2 rings (SSSR count). The molecular weight excluding hydrogens is 415 g/mol. The smallest absolute Gasteiger partial charge is 0.242 e. The Hall–Kier alpha value is -1.69. The molecule has 0 fully saturated rings. The highest BCUT2D eigenvalue weighted by molar-refractivity contribution is 8.00. The first-order valence-electron chi connectivity index (χ1n) is 9.12. The molecule has 1 N–H and O–H groups in total. The Morgan fingerprint density at radius 2 is 1.71 bits per heavy atom. The highest BCUT2D eigenvalue weighted by Gasteiger charge is 2.27. The number of hydrogen-bond acceptors (Lipinski definition) is 3. The Morgan fingerprint density at radius 3 is 2.32 bits per heavy atom. The number of carbonyl (C=O) groups excluding carboxylic acids is 2. The van der Waals surface area contributed by atoms with Crippen LogP contribution in [0.5, 0.6) is 0 Å². The molecule has 0 saturated carbocycles. The molecule has 0 aliphatic carbocycles. The topological polar surface area (TPSA) is 49.4 Å². The molecule has 2 aromatic rings. The normalized spacial score (nSPS) is 11.7. The molecule has 0 aliphatic rings. The number of nitrogens with zero attached hydrogens (tertiary/aromatic N) is 1. The third-order valence-electron chi connectivity index (χ3n) is 4.21. The highest BCUT2D eigenvalue weighted by atomic mass is 35.5. The van der Waals surface area contributed by atoms with Gasteiger partial charge in [-0.25, -0.2) is 0 Å². The summed E-state index contributed by atoms with van der Waals surface area (Å²) in [6, 6.07) is 14.3. The number of hydrogen-bond donors (Lipinski definition) is 1. The van der Waals surface area contributed by atoms with Gasteiger partial charge >= 0.3 is 0 Å². The minimum absolute atomic E-state index is 0.149. The predicted octanol–water partition coefficient (Wildman–Crippen LogP) is 5.03. The van der Waals surface area contributed by atoms with Crippen LogP contribution < -0.4 is 5.32 Å². The van der Waals surface area contributed by atoms with E-state index in [1.165, 1.54) is 16.7 Å². The number of nitrogens with one attached hydrogen (secondary N) is 1. The van der Waals surface area contributed by atoms with Crippen LogP contribution in [0.1, 0.15) is 25.8 Å². The van der Waals surface area contributed by atoms with Crippen LogP contribution in [0.25, 0.3) is 0 Å². The second-order valence-electron chi connectivity index (χ2n) is 6.29. The molecule has 0 spiro atoms. The molecule has 2 amide bonds. The zero-order chi connectivity index (χ0) is 20.5. The van der Waals surface area contributed by atoms with Crippen LogP contribution >= 0.6 is 35.0 Å². The van der Waals surface area contributed by atoms with Gasteiger partial charge in [-0.1, -0.05) is 54.4 Å². The van der Waals surface area contributed by atoms with Gasteiger partial charge in [-0.2, -0.15) is 0 Å². The molecule has 4 nitrogen and oxygen atoms in total. The van der Waals surface area contributed by atoms with E-state index in [1.54, 1.807) is 25.1 Å². The molecule has 0 radical (unpaired) electrons. The van der Waals surface area contributed by atoms with E-state index in [0.29, 0.717) is 22.2 Å². The van der Waals surface area contributed by atoms with Gasteiger partial charge in [0.25, 0.3) is 0 Å². The number of benzene rings is 2. The quantitative estimate of drug-likeness (QED) is 0.558. The number of carbonyl (C=O) groups is 2. The van der Waals surface area contributed by atoms with Crippen LogP contribution in [-0.2, 0) is 16.1 Å².